The van der Waals surface area contributed by atoms with Gasteiger partial charge < -0.3 is 4.74 Å². The van der Waals surface area contributed by atoms with Gasteiger partial charge in [-0.25, -0.2) is 0 Å². The van der Waals surface area contributed by atoms with Crippen LogP contribution in [0.3, 0.4) is 0 Å². The van der Waals surface area contributed by atoms with Crippen LogP contribution in [0.2, 0.25) is 0 Å². The Balaban J connectivity index is 1.79. The van der Waals surface area contributed by atoms with Gasteiger partial charge in [0.25, 0.3) is 0 Å². The minimum absolute atomic E-state index is 0.391. The van der Waals surface area contributed by atoms with Crippen molar-refractivity contribution in [2.75, 3.05) is 0 Å². The summed E-state index contributed by atoms with van der Waals surface area (Å²) in [5, 5.41) is 0. The van der Waals surface area contributed by atoms with Crippen LogP contribution >= 0.6 is 0 Å². The van der Waals surface area contributed by atoms with Gasteiger partial charge in [-0.1, -0.05) is 111 Å². The number of ether oxygens (including phenoxy) is 1. The second kappa shape index (κ2) is 10.4. The molecule has 5 rings (SSSR count). The fourth-order valence-corrected chi connectivity index (χ4v) is 5.79. The molecule has 4 aromatic rings. The molecule has 0 unspecified atom stereocenters. The molecule has 4 aromatic carbocycles. The normalized spacial score (nSPS) is 13.0. The van der Waals surface area contributed by atoms with E-state index in [4.69, 9.17) is 4.74 Å². The Kier molecular flexibility index (Phi) is 6.91. The van der Waals surface area contributed by atoms with Crippen molar-refractivity contribution in [3.05, 3.63) is 150 Å². The predicted octanol–water partition coefficient (Wildman–Crippen LogP) is 9.03. The van der Waals surface area contributed by atoms with Gasteiger partial charge in [0.15, 0.2) is 0 Å². The van der Waals surface area contributed by atoms with Gasteiger partial charge in [-0.2, -0.15) is 0 Å². The van der Waals surface area contributed by atoms with E-state index in [9.17, 15) is 0 Å². The first kappa shape index (κ1) is 23.9. The predicted molar refractivity (Wildman–Crippen MR) is 152 cm³/mol. The summed E-state index contributed by atoms with van der Waals surface area (Å²) < 4.78 is 5.84. The van der Waals surface area contributed by atoms with Crippen LogP contribution in [0.4, 0.5) is 0 Å². The fraction of sp³-hybridized carbons (Fsp3) is 0.200. The molecule has 0 spiro atoms. The van der Waals surface area contributed by atoms with Crippen LogP contribution in [0.25, 0.3) is 11.1 Å². The monoisotopic (exact) mass is 470 g/mol. The summed E-state index contributed by atoms with van der Waals surface area (Å²) in [7, 11) is 0. The Bertz CT molecular complexity index is 1330. The molecule has 0 amide bonds. The van der Waals surface area contributed by atoms with E-state index in [0.29, 0.717) is 0 Å². The third-order valence-corrected chi connectivity index (χ3v) is 7.48. The Labute approximate surface area is 215 Å². The molecule has 0 radical (unpaired) electrons. The number of benzene rings is 4. The third-order valence-electron chi connectivity index (χ3n) is 7.48. The highest BCUT2D eigenvalue weighted by atomic mass is 16.5. The Morgan fingerprint density at radius 2 is 1.39 bits per heavy atom. The highest BCUT2D eigenvalue weighted by Gasteiger charge is 2.46. The molecule has 1 heteroatoms. The van der Waals surface area contributed by atoms with Crippen molar-refractivity contribution in [3.8, 4) is 16.9 Å². The zero-order chi connectivity index (χ0) is 25.0. The number of hydrogen-bond acceptors (Lipinski definition) is 1. The summed E-state index contributed by atoms with van der Waals surface area (Å²) in [6.45, 7) is 9.92. The standard InChI is InChI=1S/C35H34O/c1-4-7-13-26-19-21-28(22-20-26)35(29-23-24-34(36-6-3)27(25-29)14-8-5-2)32-17-11-9-15-30(32)31-16-10-12-18-33(31)35/h4,6,9-12,15-25H,1,3,5,7-8,13-14H2,2H3. The van der Waals surface area contributed by atoms with Gasteiger partial charge in [0, 0.05) is 0 Å². The van der Waals surface area contributed by atoms with E-state index in [1.165, 1.54) is 50.8 Å². The minimum atomic E-state index is -0.391. The first-order valence-corrected chi connectivity index (χ1v) is 13.0. The quantitative estimate of drug-likeness (QED) is 0.146. The number of allylic oxidation sites excluding steroid dienone is 1. The topological polar surface area (TPSA) is 9.23 Å². The van der Waals surface area contributed by atoms with Crippen LogP contribution in [-0.2, 0) is 18.3 Å². The third kappa shape index (κ3) is 3.99. The Morgan fingerprint density at radius 3 is 2.00 bits per heavy atom. The van der Waals surface area contributed by atoms with E-state index in [0.717, 1.165) is 37.9 Å². The molecule has 0 saturated carbocycles. The van der Waals surface area contributed by atoms with Gasteiger partial charge in [-0.3, -0.25) is 0 Å². The zero-order valence-corrected chi connectivity index (χ0v) is 21.2. The number of hydrogen-bond donors (Lipinski definition) is 0. The van der Waals surface area contributed by atoms with Gasteiger partial charge in [0.05, 0.1) is 11.7 Å². The fourth-order valence-electron chi connectivity index (χ4n) is 5.79. The van der Waals surface area contributed by atoms with Crippen molar-refractivity contribution in [2.24, 2.45) is 0 Å². The summed E-state index contributed by atoms with van der Waals surface area (Å²) in [6, 6.07) is 33.8. The SMILES string of the molecule is C=CCCc1ccc(C2(c3ccc(OC=C)c(CCCC)c3)c3ccccc3-c3ccccc32)cc1. The summed E-state index contributed by atoms with van der Waals surface area (Å²) in [6.07, 6.45) is 8.76. The maximum atomic E-state index is 5.84. The molecule has 0 saturated heterocycles. The molecular weight excluding hydrogens is 436 g/mol. The van der Waals surface area contributed by atoms with Crippen LogP contribution in [0, 0.1) is 0 Å². The van der Waals surface area contributed by atoms with E-state index in [1.807, 2.05) is 6.08 Å². The van der Waals surface area contributed by atoms with E-state index in [2.05, 4.69) is 111 Å². The lowest BCUT2D eigenvalue weighted by atomic mass is 9.67. The minimum Gasteiger partial charge on any atom is -0.465 e. The van der Waals surface area contributed by atoms with Gasteiger partial charge in [0.1, 0.15) is 5.75 Å². The van der Waals surface area contributed by atoms with E-state index in [-0.39, 0.29) is 0 Å². The lowest BCUT2D eigenvalue weighted by molar-refractivity contribution is 0.475. The van der Waals surface area contributed by atoms with Crippen molar-refractivity contribution in [1.29, 1.82) is 0 Å². The van der Waals surface area contributed by atoms with Crippen molar-refractivity contribution >= 4 is 0 Å². The number of aryl methyl sites for hydroxylation is 2. The molecule has 36 heavy (non-hydrogen) atoms. The molecular formula is C35H34O. The zero-order valence-electron chi connectivity index (χ0n) is 21.2. The summed E-state index contributed by atoms with van der Waals surface area (Å²) in [5.41, 5.74) is 10.0. The number of rotatable bonds is 10. The maximum absolute atomic E-state index is 5.84. The van der Waals surface area contributed by atoms with Gasteiger partial charge in [-0.15, -0.1) is 6.58 Å². The molecule has 1 aliphatic carbocycles. The lowest BCUT2D eigenvalue weighted by Crippen LogP contribution is -2.28. The van der Waals surface area contributed by atoms with Gasteiger partial charge in [0.2, 0.25) is 0 Å². The van der Waals surface area contributed by atoms with Crippen LogP contribution in [0.5, 0.6) is 5.75 Å². The smallest absolute Gasteiger partial charge is 0.129 e. The van der Waals surface area contributed by atoms with E-state index in [1.54, 1.807) is 0 Å². The molecule has 0 fully saturated rings. The average Bonchev–Trinajstić information content (AvgIpc) is 3.23. The van der Waals surface area contributed by atoms with Crippen molar-refractivity contribution in [3.63, 3.8) is 0 Å². The molecule has 0 atom stereocenters. The van der Waals surface area contributed by atoms with E-state index < -0.39 is 5.41 Å². The maximum Gasteiger partial charge on any atom is 0.129 e. The molecule has 0 aliphatic heterocycles. The molecule has 1 aliphatic rings. The first-order chi connectivity index (χ1) is 17.7. The van der Waals surface area contributed by atoms with E-state index >= 15 is 0 Å². The van der Waals surface area contributed by atoms with Crippen molar-refractivity contribution < 1.29 is 4.74 Å². The van der Waals surface area contributed by atoms with Crippen LogP contribution < -0.4 is 4.74 Å². The lowest BCUT2D eigenvalue weighted by Gasteiger charge is -2.34. The van der Waals surface area contributed by atoms with Crippen molar-refractivity contribution in [2.45, 2.75) is 44.4 Å². The van der Waals surface area contributed by atoms with Gasteiger partial charge in [-0.05, 0) is 76.3 Å². The second-order valence-corrected chi connectivity index (χ2v) is 9.58. The molecule has 0 heterocycles. The van der Waals surface area contributed by atoms with Crippen molar-refractivity contribution in [1.82, 2.24) is 0 Å². The summed E-state index contributed by atoms with van der Waals surface area (Å²) >= 11 is 0. The molecule has 0 aromatic heterocycles. The van der Waals surface area contributed by atoms with Crippen LogP contribution in [0.1, 0.15) is 59.6 Å². The number of fused-ring (bicyclic) bond motifs is 3. The Hall–Kier alpha value is -3.84. The number of unbranched alkanes of at least 4 members (excludes halogenated alkanes) is 1. The Morgan fingerprint density at radius 1 is 0.750 bits per heavy atom. The molecule has 0 bridgehead atoms. The molecule has 180 valence electrons. The van der Waals surface area contributed by atoms with Gasteiger partial charge >= 0.3 is 0 Å². The van der Waals surface area contributed by atoms with Crippen LogP contribution in [0.15, 0.2) is 116 Å². The molecule has 0 N–H and O–H groups in total. The summed E-state index contributed by atoms with van der Waals surface area (Å²) in [5.74, 6) is 0.900. The summed E-state index contributed by atoms with van der Waals surface area (Å²) in [4.78, 5) is 0. The van der Waals surface area contributed by atoms with Crippen LogP contribution in [-0.4, -0.2) is 0 Å². The first-order valence-electron chi connectivity index (χ1n) is 13.0. The molecule has 1 nitrogen and oxygen atoms in total. The average molecular weight is 471 g/mol. The largest absolute Gasteiger partial charge is 0.465 e. The highest BCUT2D eigenvalue weighted by molar-refractivity contribution is 5.86. The highest BCUT2D eigenvalue weighted by Crippen LogP contribution is 2.56. The second-order valence-electron chi connectivity index (χ2n) is 9.58.